The molecule has 4 heteroatoms. The molecule has 0 fully saturated rings. The van der Waals surface area contributed by atoms with E-state index in [0.717, 1.165) is 45.0 Å². The molecule has 0 atom stereocenters. The largest absolute Gasteiger partial charge is 0.300 e. The van der Waals surface area contributed by atoms with Crippen LogP contribution >= 0.6 is 0 Å². The maximum absolute atomic E-state index is 4.62. The zero-order chi connectivity index (χ0) is 18.9. The summed E-state index contributed by atoms with van der Waals surface area (Å²) in [7, 11) is 0. The summed E-state index contributed by atoms with van der Waals surface area (Å²) in [6, 6.07) is 22.7. The van der Waals surface area contributed by atoms with E-state index < -0.39 is 0 Å². The molecule has 5 rings (SSSR count). The van der Waals surface area contributed by atoms with Crippen LogP contribution < -0.4 is 0 Å². The van der Waals surface area contributed by atoms with Crippen molar-refractivity contribution in [1.82, 2.24) is 19.4 Å². The average Bonchev–Trinajstić information content (AvgIpc) is 3.18. The van der Waals surface area contributed by atoms with E-state index in [2.05, 4.69) is 61.9 Å². The molecular weight excluding hydrogens is 344 g/mol. The monoisotopic (exact) mass is 362 g/mol. The van der Waals surface area contributed by atoms with Crippen LogP contribution in [0.15, 0.2) is 91.5 Å². The fraction of sp³-hybridized carbons (Fsp3) is 0.0417. The van der Waals surface area contributed by atoms with E-state index in [4.69, 9.17) is 0 Å². The number of fused-ring (bicyclic) bond motifs is 1. The predicted molar refractivity (Wildman–Crippen MR) is 112 cm³/mol. The molecule has 0 saturated carbocycles. The molecule has 5 aromatic rings. The standard InChI is InChI=1S/C24H18N4/c1-17-7-8-21(15-26-17)19-10-12-28-23(16-27-24(28)14-19)20-9-11-25-22(13-20)18-5-3-2-4-6-18/h2-16H,1H3. The van der Waals surface area contributed by atoms with E-state index >= 15 is 0 Å². The molecule has 4 heterocycles. The second kappa shape index (κ2) is 6.74. The van der Waals surface area contributed by atoms with Crippen LogP contribution in [-0.2, 0) is 0 Å². The molecule has 0 amide bonds. The van der Waals surface area contributed by atoms with Crippen molar-refractivity contribution >= 4 is 5.65 Å². The van der Waals surface area contributed by atoms with Gasteiger partial charge in [0.1, 0.15) is 5.65 Å². The Morgan fingerprint density at radius 1 is 0.679 bits per heavy atom. The van der Waals surface area contributed by atoms with Crippen LogP contribution in [-0.4, -0.2) is 19.4 Å². The lowest BCUT2D eigenvalue weighted by molar-refractivity contribution is 1.18. The summed E-state index contributed by atoms with van der Waals surface area (Å²) >= 11 is 0. The molecule has 0 spiro atoms. The number of hydrogen-bond donors (Lipinski definition) is 0. The summed E-state index contributed by atoms with van der Waals surface area (Å²) in [5.74, 6) is 0. The Bertz CT molecular complexity index is 1260. The van der Waals surface area contributed by atoms with Gasteiger partial charge in [-0.25, -0.2) is 4.98 Å². The van der Waals surface area contributed by atoms with Gasteiger partial charge in [0, 0.05) is 41.0 Å². The highest BCUT2D eigenvalue weighted by atomic mass is 15.0. The SMILES string of the molecule is Cc1ccc(-c2ccn3c(-c4ccnc(-c5ccccc5)c4)cnc3c2)cn1. The summed E-state index contributed by atoms with van der Waals surface area (Å²) in [5.41, 5.74) is 8.31. The molecular formula is C24H18N4. The fourth-order valence-electron chi connectivity index (χ4n) is 3.37. The van der Waals surface area contributed by atoms with Gasteiger partial charge >= 0.3 is 0 Å². The Morgan fingerprint density at radius 3 is 2.39 bits per heavy atom. The maximum atomic E-state index is 4.62. The van der Waals surface area contributed by atoms with Crippen LogP contribution in [0.1, 0.15) is 5.69 Å². The zero-order valence-electron chi connectivity index (χ0n) is 15.4. The molecule has 0 radical (unpaired) electrons. The van der Waals surface area contributed by atoms with Crippen molar-refractivity contribution in [2.24, 2.45) is 0 Å². The summed E-state index contributed by atoms with van der Waals surface area (Å²) < 4.78 is 2.11. The van der Waals surface area contributed by atoms with Crippen LogP contribution in [0.4, 0.5) is 0 Å². The Hall–Kier alpha value is -3.79. The molecule has 0 bridgehead atoms. The van der Waals surface area contributed by atoms with Gasteiger partial charge in [0.05, 0.1) is 17.6 Å². The number of aromatic nitrogens is 4. The van der Waals surface area contributed by atoms with Crippen molar-refractivity contribution in [3.63, 3.8) is 0 Å². The summed E-state index contributed by atoms with van der Waals surface area (Å²) in [4.78, 5) is 13.5. The van der Waals surface area contributed by atoms with Gasteiger partial charge in [-0.2, -0.15) is 0 Å². The topological polar surface area (TPSA) is 43.1 Å². The third-order valence-corrected chi connectivity index (χ3v) is 4.88. The number of pyridine rings is 3. The molecule has 1 aromatic carbocycles. The smallest absolute Gasteiger partial charge is 0.137 e. The van der Waals surface area contributed by atoms with Gasteiger partial charge in [0.15, 0.2) is 0 Å². The molecule has 0 aliphatic rings. The number of rotatable bonds is 3. The predicted octanol–water partition coefficient (Wildman–Crippen LogP) is 5.43. The maximum Gasteiger partial charge on any atom is 0.137 e. The van der Waals surface area contributed by atoms with Crippen molar-refractivity contribution in [3.05, 3.63) is 97.2 Å². The van der Waals surface area contributed by atoms with Crippen molar-refractivity contribution < 1.29 is 0 Å². The minimum Gasteiger partial charge on any atom is -0.300 e. The van der Waals surface area contributed by atoms with E-state index in [0.29, 0.717) is 0 Å². The second-order valence-electron chi connectivity index (χ2n) is 6.77. The van der Waals surface area contributed by atoms with E-state index in [9.17, 15) is 0 Å². The lowest BCUT2D eigenvalue weighted by Gasteiger charge is -2.07. The van der Waals surface area contributed by atoms with Crippen LogP contribution in [0, 0.1) is 6.92 Å². The number of imidazole rings is 1. The van der Waals surface area contributed by atoms with Crippen LogP contribution in [0.5, 0.6) is 0 Å². The molecule has 4 aromatic heterocycles. The Morgan fingerprint density at radius 2 is 1.57 bits per heavy atom. The molecule has 0 aliphatic carbocycles. The summed E-state index contributed by atoms with van der Waals surface area (Å²) in [6.07, 6.45) is 7.73. The lowest BCUT2D eigenvalue weighted by Crippen LogP contribution is -1.91. The minimum atomic E-state index is 0.908. The highest BCUT2D eigenvalue weighted by Gasteiger charge is 2.09. The van der Waals surface area contributed by atoms with Gasteiger partial charge < -0.3 is 0 Å². The Kier molecular flexibility index (Phi) is 3.95. The van der Waals surface area contributed by atoms with Crippen LogP contribution in [0.3, 0.4) is 0 Å². The van der Waals surface area contributed by atoms with Crippen LogP contribution in [0.25, 0.3) is 39.3 Å². The third-order valence-electron chi connectivity index (χ3n) is 4.88. The van der Waals surface area contributed by atoms with Crippen molar-refractivity contribution in [2.75, 3.05) is 0 Å². The van der Waals surface area contributed by atoms with Gasteiger partial charge in [-0.1, -0.05) is 36.4 Å². The molecule has 0 unspecified atom stereocenters. The van der Waals surface area contributed by atoms with Crippen molar-refractivity contribution in [3.8, 4) is 33.6 Å². The first-order chi connectivity index (χ1) is 13.8. The van der Waals surface area contributed by atoms with Gasteiger partial charge in [-0.3, -0.25) is 14.4 Å². The fourth-order valence-corrected chi connectivity index (χ4v) is 3.37. The minimum absolute atomic E-state index is 0.908. The van der Waals surface area contributed by atoms with E-state index in [1.807, 2.05) is 55.8 Å². The first-order valence-electron chi connectivity index (χ1n) is 9.20. The van der Waals surface area contributed by atoms with E-state index in [-0.39, 0.29) is 0 Å². The van der Waals surface area contributed by atoms with Crippen molar-refractivity contribution in [1.29, 1.82) is 0 Å². The molecule has 4 nitrogen and oxygen atoms in total. The van der Waals surface area contributed by atoms with E-state index in [1.54, 1.807) is 0 Å². The van der Waals surface area contributed by atoms with Crippen LogP contribution in [0.2, 0.25) is 0 Å². The average molecular weight is 362 g/mol. The van der Waals surface area contributed by atoms with Crippen molar-refractivity contribution in [2.45, 2.75) is 6.92 Å². The zero-order valence-corrected chi connectivity index (χ0v) is 15.4. The number of nitrogens with zero attached hydrogens (tertiary/aromatic N) is 4. The first kappa shape index (κ1) is 16.4. The Balaban J connectivity index is 1.56. The quantitative estimate of drug-likeness (QED) is 0.429. The van der Waals surface area contributed by atoms with Gasteiger partial charge in [0.25, 0.3) is 0 Å². The summed E-state index contributed by atoms with van der Waals surface area (Å²) in [6.45, 7) is 1.99. The second-order valence-corrected chi connectivity index (χ2v) is 6.77. The number of hydrogen-bond acceptors (Lipinski definition) is 3. The lowest BCUT2D eigenvalue weighted by atomic mass is 10.1. The Labute approximate surface area is 163 Å². The normalized spacial score (nSPS) is 11.0. The first-order valence-corrected chi connectivity index (χ1v) is 9.20. The molecule has 28 heavy (non-hydrogen) atoms. The van der Waals surface area contributed by atoms with E-state index in [1.165, 1.54) is 0 Å². The number of benzene rings is 1. The highest BCUT2D eigenvalue weighted by Crippen LogP contribution is 2.27. The third kappa shape index (κ3) is 2.95. The van der Waals surface area contributed by atoms with Gasteiger partial charge in [-0.15, -0.1) is 0 Å². The van der Waals surface area contributed by atoms with Gasteiger partial charge in [-0.05, 0) is 42.8 Å². The highest BCUT2D eigenvalue weighted by molar-refractivity contribution is 5.72. The summed E-state index contributed by atoms with van der Waals surface area (Å²) in [5, 5.41) is 0. The molecule has 0 saturated heterocycles. The molecule has 0 aliphatic heterocycles. The van der Waals surface area contributed by atoms with Gasteiger partial charge in [0.2, 0.25) is 0 Å². The molecule has 0 N–H and O–H groups in total. The number of aryl methyl sites for hydroxylation is 1. The molecule has 134 valence electrons.